The molecule has 0 fully saturated rings. The van der Waals surface area contributed by atoms with E-state index in [0.717, 1.165) is 12.8 Å². The van der Waals surface area contributed by atoms with Gasteiger partial charge in [0.15, 0.2) is 0 Å². The van der Waals surface area contributed by atoms with Gasteiger partial charge in [-0.3, -0.25) is 0 Å². The summed E-state index contributed by atoms with van der Waals surface area (Å²) in [6.45, 7) is 4.24. The predicted molar refractivity (Wildman–Crippen MR) is 89.7 cm³/mol. The van der Waals surface area contributed by atoms with Crippen molar-refractivity contribution in [2.45, 2.75) is 103 Å². The van der Waals surface area contributed by atoms with Crippen molar-refractivity contribution in [2.75, 3.05) is 14.2 Å². The van der Waals surface area contributed by atoms with Crippen LogP contribution in [0.15, 0.2) is 0 Å². The van der Waals surface area contributed by atoms with E-state index < -0.39 is 6.10 Å². The Morgan fingerprint density at radius 2 is 1.33 bits per heavy atom. The van der Waals surface area contributed by atoms with Gasteiger partial charge in [0, 0.05) is 20.6 Å². The van der Waals surface area contributed by atoms with Crippen LogP contribution in [0.2, 0.25) is 0 Å². The second-order valence-electron chi connectivity index (χ2n) is 6.24. The summed E-state index contributed by atoms with van der Waals surface area (Å²) >= 11 is 0. The number of unbranched alkanes of at least 4 members (excludes halogenated alkanes) is 8. The number of hydrogen-bond donors (Lipinski definition) is 1. The maximum atomic E-state index is 10.1. The van der Waals surface area contributed by atoms with E-state index in [-0.39, 0.29) is 12.2 Å². The molecule has 1 N–H and O–H groups in total. The largest absolute Gasteiger partial charge is 0.390 e. The van der Waals surface area contributed by atoms with Crippen LogP contribution in [0.1, 0.15) is 84.5 Å². The number of aliphatic hydroxyl groups is 1. The summed E-state index contributed by atoms with van der Waals surface area (Å²) in [5.41, 5.74) is 0. The van der Waals surface area contributed by atoms with Gasteiger partial charge in [-0.15, -0.1) is 0 Å². The van der Waals surface area contributed by atoms with E-state index >= 15 is 0 Å². The number of ether oxygens (including phenoxy) is 2. The molecule has 0 saturated heterocycles. The highest BCUT2D eigenvalue weighted by Gasteiger charge is 2.20. The fourth-order valence-corrected chi connectivity index (χ4v) is 2.71. The van der Waals surface area contributed by atoms with Crippen LogP contribution in [0.4, 0.5) is 0 Å². The van der Waals surface area contributed by atoms with Crippen LogP contribution in [0.5, 0.6) is 0 Å². The SMILES string of the molecule is CCCCCCCCCCCC(OC)C(O)CC(C)OC. The minimum Gasteiger partial charge on any atom is -0.390 e. The molecule has 0 heterocycles. The van der Waals surface area contributed by atoms with Gasteiger partial charge in [-0.1, -0.05) is 64.7 Å². The monoisotopic (exact) mass is 302 g/mol. The summed E-state index contributed by atoms with van der Waals surface area (Å²) in [5, 5.41) is 10.1. The molecule has 0 radical (unpaired) electrons. The molecule has 0 amide bonds. The maximum Gasteiger partial charge on any atom is 0.0831 e. The molecule has 0 rings (SSSR count). The van der Waals surface area contributed by atoms with Gasteiger partial charge in [0.05, 0.1) is 18.3 Å². The summed E-state index contributed by atoms with van der Waals surface area (Å²) in [5.74, 6) is 0. The quantitative estimate of drug-likeness (QED) is 0.445. The van der Waals surface area contributed by atoms with Crippen LogP contribution in [-0.2, 0) is 9.47 Å². The van der Waals surface area contributed by atoms with Crippen LogP contribution in [0, 0.1) is 0 Å². The van der Waals surface area contributed by atoms with Crippen molar-refractivity contribution in [3.05, 3.63) is 0 Å². The van der Waals surface area contributed by atoms with Crippen LogP contribution in [0.3, 0.4) is 0 Å². The third-order valence-electron chi connectivity index (χ3n) is 4.30. The minimum absolute atomic E-state index is 0.0489. The van der Waals surface area contributed by atoms with Crippen molar-refractivity contribution < 1.29 is 14.6 Å². The van der Waals surface area contributed by atoms with Crippen LogP contribution < -0.4 is 0 Å². The van der Waals surface area contributed by atoms with E-state index in [9.17, 15) is 5.11 Å². The molecule has 3 unspecified atom stereocenters. The highest BCUT2D eigenvalue weighted by molar-refractivity contribution is 4.71. The van der Waals surface area contributed by atoms with Gasteiger partial charge in [-0.2, -0.15) is 0 Å². The number of hydrogen-bond acceptors (Lipinski definition) is 3. The molecular formula is C18H38O3. The zero-order valence-electron chi connectivity index (χ0n) is 14.8. The average molecular weight is 302 g/mol. The fourth-order valence-electron chi connectivity index (χ4n) is 2.71. The normalized spacial score (nSPS) is 15.9. The highest BCUT2D eigenvalue weighted by Crippen LogP contribution is 2.16. The Hall–Kier alpha value is -0.120. The van der Waals surface area contributed by atoms with E-state index in [1.54, 1.807) is 14.2 Å². The second kappa shape index (κ2) is 14.8. The Bertz CT molecular complexity index is 209. The molecule has 3 nitrogen and oxygen atoms in total. The number of methoxy groups -OCH3 is 2. The minimum atomic E-state index is -0.418. The molecule has 21 heavy (non-hydrogen) atoms. The molecule has 3 atom stereocenters. The first-order chi connectivity index (χ1) is 10.2. The highest BCUT2D eigenvalue weighted by atomic mass is 16.5. The maximum absolute atomic E-state index is 10.1. The molecule has 0 aliphatic rings. The first-order valence-corrected chi connectivity index (χ1v) is 8.89. The molecule has 0 aliphatic heterocycles. The van der Waals surface area contributed by atoms with Crippen LogP contribution in [-0.4, -0.2) is 37.6 Å². The van der Waals surface area contributed by atoms with Crippen molar-refractivity contribution in [3.63, 3.8) is 0 Å². The lowest BCUT2D eigenvalue weighted by Gasteiger charge is -2.23. The Balaban J connectivity index is 3.54. The van der Waals surface area contributed by atoms with Gasteiger partial charge >= 0.3 is 0 Å². The van der Waals surface area contributed by atoms with Crippen LogP contribution in [0.25, 0.3) is 0 Å². The Morgan fingerprint density at radius 1 is 0.810 bits per heavy atom. The van der Waals surface area contributed by atoms with Gasteiger partial charge in [-0.05, 0) is 13.3 Å². The smallest absolute Gasteiger partial charge is 0.0831 e. The predicted octanol–water partition coefficient (Wildman–Crippen LogP) is 4.71. The second-order valence-corrected chi connectivity index (χ2v) is 6.24. The molecule has 0 bridgehead atoms. The average Bonchev–Trinajstić information content (AvgIpc) is 2.49. The Labute approximate surface area is 132 Å². The lowest BCUT2D eigenvalue weighted by Crippen LogP contribution is -2.31. The topological polar surface area (TPSA) is 38.7 Å². The molecule has 0 aromatic rings. The molecular weight excluding hydrogens is 264 g/mol. The lowest BCUT2D eigenvalue weighted by molar-refractivity contribution is -0.0428. The number of aliphatic hydroxyl groups excluding tert-OH is 1. The molecule has 0 aliphatic carbocycles. The molecule has 0 spiro atoms. The van der Waals surface area contributed by atoms with Gasteiger partial charge in [0.25, 0.3) is 0 Å². The molecule has 0 aromatic carbocycles. The fraction of sp³-hybridized carbons (Fsp3) is 1.00. The summed E-state index contributed by atoms with van der Waals surface area (Å²) in [6, 6.07) is 0. The van der Waals surface area contributed by atoms with Crippen molar-refractivity contribution in [1.82, 2.24) is 0 Å². The van der Waals surface area contributed by atoms with E-state index in [1.807, 2.05) is 6.92 Å². The zero-order valence-corrected chi connectivity index (χ0v) is 14.8. The van der Waals surface area contributed by atoms with Gasteiger partial charge in [0.2, 0.25) is 0 Å². The van der Waals surface area contributed by atoms with E-state index in [1.165, 1.54) is 51.4 Å². The van der Waals surface area contributed by atoms with Crippen LogP contribution >= 0.6 is 0 Å². The van der Waals surface area contributed by atoms with Crippen molar-refractivity contribution in [2.24, 2.45) is 0 Å². The first kappa shape index (κ1) is 20.9. The number of rotatable bonds is 15. The summed E-state index contributed by atoms with van der Waals surface area (Å²) in [6.07, 6.45) is 13.1. The van der Waals surface area contributed by atoms with E-state index in [2.05, 4.69) is 6.92 Å². The van der Waals surface area contributed by atoms with Crippen molar-refractivity contribution >= 4 is 0 Å². The third kappa shape index (κ3) is 12.1. The van der Waals surface area contributed by atoms with E-state index in [0.29, 0.717) is 6.42 Å². The van der Waals surface area contributed by atoms with Gasteiger partial charge < -0.3 is 14.6 Å². The van der Waals surface area contributed by atoms with Crippen molar-refractivity contribution in [3.8, 4) is 0 Å². The molecule has 0 saturated carbocycles. The Morgan fingerprint density at radius 3 is 1.81 bits per heavy atom. The first-order valence-electron chi connectivity index (χ1n) is 8.89. The summed E-state index contributed by atoms with van der Waals surface area (Å²) in [7, 11) is 3.37. The van der Waals surface area contributed by atoms with Gasteiger partial charge in [-0.25, -0.2) is 0 Å². The van der Waals surface area contributed by atoms with Crippen molar-refractivity contribution in [1.29, 1.82) is 0 Å². The molecule has 128 valence electrons. The molecule has 0 aromatic heterocycles. The molecule has 3 heteroatoms. The summed E-state index contributed by atoms with van der Waals surface area (Å²) in [4.78, 5) is 0. The lowest BCUT2D eigenvalue weighted by atomic mass is 10.0. The third-order valence-corrected chi connectivity index (χ3v) is 4.30. The van der Waals surface area contributed by atoms with E-state index in [4.69, 9.17) is 9.47 Å². The zero-order chi connectivity index (χ0) is 15.9. The standard InChI is InChI=1S/C18H38O3/c1-5-6-7-8-9-10-11-12-13-14-18(21-4)17(19)15-16(2)20-3/h16-19H,5-15H2,1-4H3. The summed E-state index contributed by atoms with van der Waals surface area (Å²) < 4.78 is 10.6. The Kier molecular flexibility index (Phi) is 14.7. The van der Waals surface area contributed by atoms with Gasteiger partial charge in [0.1, 0.15) is 0 Å².